The van der Waals surface area contributed by atoms with Crippen molar-refractivity contribution in [2.75, 3.05) is 0 Å². The van der Waals surface area contributed by atoms with E-state index in [4.69, 9.17) is 5.84 Å². The van der Waals surface area contributed by atoms with E-state index in [0.717, 1.165) is 18.2 Å². The lowest BCUT2D eigenvalue weighted by Gasteiger charge is -2.18. The van der Waals surface area contributed by atoms with Gasteiger partial charge in [0.05, 0.1) is 6.04 Å². The highest BCUT2D eigenvalue weighted by Gasteiger charge is 2.21. The molecule has 6 heteroatoms. The lowest BCUT2D eigenvalue weighted by Crippen LogP contribution is -2.30. The maximum absolute atomic E-state index is 13.7. The maximum atomic E-state index is 13.7. The number of halogens is 4. The largest absolute Gasteiger partial charge is 0.271 e. The minimum Gasteiger partial charge on any atom is -0.271 e. The van der Waals surface area contributed by atoms with E-state index in [0.29, 0.717) is 5.56 Å². The molecule has 0 aliphatic rings. The normalized spacial score (nSPS) is 12.5. The Hall–Kier alpha value is -1.92. The van der Waals surface area contributed by atoms with Gasteiger partial charge in [0, 0.05) is 5.56 Å². The van der Waals surface area contributed by atoms with Gasteiger partial charge >= 0.3 is 0 Å². The molecule has 0 aromatic heterocycles. The Morgan fingerprint density at radius 1 is 0.947 bits per heavy atom. The third-order valence-electron chi connectivity index (χ3n) is 2.72. The van der Waals surface area contributed by atoms with Crippen LogP contribution in [0.5, 0.6) is 0 Å². The predicted octanol–water partition coefficient (Wildman–Crippen LogP) is 2.80. The van der Waals surface area contributed by atoms with Crippen LogP contribution < -0.4 is 11.3 Å². The Kier molecular flexibility index (Phi) is 3.82. The van der Waals surface area contributed by atoms with E-state index in [-0.39, 0.29) is 5.56 Å². The fourth-order valence-electron chi connectivity index (χ4n) is 1.82. The van der Waals surface area contributed by atoms with Crippen LogP contribution in [0.3, 0.4) is 0 Å². The minimum atomic E-state index is -1.59. The third kappa shape index (κ3) is 2.59. The lowest BCUT2D eigenvalue weighted by molar-refractivity contribution is 0.433. The Balaban J connectivity index is 2.51. The number of hydrogen-bond donors (Lipinski definition) is 2. The molecule has 0 saturated carbocycles. The van der Waals surface area contributed by atoms with Gasteiger partial charge in [-0.25, -0.2) is 23.0 Å². The molecule has 2 rings (SSSR count). The minimum absolute atomic E-state index is 0.202. The summed E-state index contributed by atoms with van der Waals surface area (Å²) in [6.45, 7) is 0. The van der Waals surface area contributed by atoms with E-state index in [1.807, 2.05) is 0 Å². The van der Waals surface area contributed by atoms with Crippen LogP contribution in [-0.2, 0) is 0 Å². The molecule has 0 aliphatic carbocycles. The molecule has 0 fully saturated rings. The summed E-state index contributed by atoms with van der Waals surface area (Å²) in [4.78, 5) is 0. The zero-order chi connectivity index (χ0) is 14.0. The summed E-state index contributed by atoms with van der Waals surface area (Å²) in [5.74, 6) is 0.509. The Labute approximate surface area is 106 Å². The topological polar surface area (TPSA) is 38.0 Å². The van der Waals surface area contributed by atoms with Crippen LogP contribution >= 0.6 is 0 Å². The summed E-state index contributed by atoms with van der Waals surface area (Å²) in [5.41, 5.74) is 2.35. The van der Waals surface area contributed by atoms with Gasteiger partial charge in [0.1, 0.15) is 5.82 Å². The van der Waals surface area contributed by atoms with E-state index >= 15 is 0 Å². The fraction of sp³-hybridized carbons (Fsp3) is 0.0769. The highest BCUT2D eigenvalue weighted by atomic mass is 19.2. The van der Waals surface area contributed by atoms with Crippen LogP contribution in [0.25, 0.3) is 0 Å². The number of rotatable bonds is 3. The molecule has 0 bridgehead atoms. The van der Waals surface area contributed by atoms with Crippen molar-refractivity contribution < 1.29 is 17.6 Å². The summed E-state index contributed by atoms with van der Waals surface area (Å²) >= 11 is 0. The number of hydrazine groups is 1. The second-order valence-electron chi connectivity index (χ2n) is 3.92. The van der Waals surface area contributed by atoms with Crippen molar-refractivity contribution >= 4 is 0 Å². The Bertz CT molecular complexity index is 601. The molecule has 0 amide bonds. The number of nitrogens with one attached hydrogen (secondary N) is 1. The van der Waals surface area contributed by atoms with Crippen molar-refractivity contribution in [2.45, 2.75) is 6.04 Å². The highest BCUT2D eigenvalue weighted by molar-refractivity contribution is 5.33. The van der Waals surface area contributed by atoms with Crippen molar-refractivity contribution in [3.05, 3.63) is 70.8 Å². The Morgan fingerprint density at radius 2 is 1.68 bits per heavy atom. The van der Waals surface area contributed by atoms with E-state index in [2.05, 4.69) is 5.43 Å². The Morgan fingerprint density at radius 3 is 2.32 bits per heavy atom. The number of benzene rings is 2. The van der Waals surface area contributed by atoms with E-state index in [1.165, 1.54) is 18.2 Å². The molecule has 2 nitrogen and oxygen atoms in total. The molecule has 0 saturated heterocycles. The first-order chi connectivity index (χ1) is 9.04. The van der Waals surface area contributed by atoms with Crippen molar-refractivity contribution in [1.29, 1.82) is 0 Å². The smallest absolute Gasteiger partial charge is 0.194 e. The van der Waals surface area contributed by atoms with Crippen LogP contribution in [0.15, 0.2) is 36.4 Å². The zero-order valence-electron chi connectivity index (χ0n) is 9.63. The van der Waals surface area contributed by atoms with E-state index in [1.54, 1.807) is 0 Å². The van der Waals surface area contributed by atoms with Crippen LogP contribution in [0, 0.1) is 23.3 Å². The summed E-state index contributed by atoms with van der Waals surface area (Å²) in [5, 5.41) is 0. The molecular weight excluding hydrogens is 260 g/mol. The predicted molar refractivity (Wildman–Crippen MR) is 61.9 cm³/mol. The molecule has 1 unspecified atom stereocenters. The van der Waals surface area contributed by atoms with Gasteiger partial charge in [-0.1, -0.05) is 18.2 Å². The average Bonchev–Trinajstić information content (AvgIpc) is 2.40. The first-order valence-electron chi connectivity index (χ1n) is 5.39. The van der Waals surface area contributed by atoms with Gasteiger partial charge in [0.25, 0.3) is 0 Å². The van der Waals surface area contributed by atoms with Crippen molar-refractivity contribution in [1.82, 2.24) is 5.43 Å². The molecule has 0 spiro atoms. The van der Waals surface area contributed by atoms with Crippen molar-refractivity contribution in [3.8, 4) is 0 Å². The average molecular weight is 270 g/mol. The van der Waals surface area contributed by atoms with Crippen molar-refractivity contribution in [2.24, 2.45) is 5.84 Å². The standard InChI is InChI=1S/C13H10F4N2/c14-8-3-1-2-7(6-8)13(19-18)9-4-5-10(15)12(17)11(9)16/h1-6,13,19H,18H2. The summed E-state index contributed by atoms with van der Waals surface area (Å²) in [6.07, 6.45) is 0. The maximum Gasteiger partial charge on any atom is 0.194 e. The quantitative estimate of drug-likeness (QED) is 0.389. The van der Waals surface area contributed by atoms with Crippen LogP contribution in [0.4, 0.5) is 17.6 Å². The molecule has 0 heterocycles. The summed E-state index contributed by atoms with van der Waals surface area (Å²) in [6, 6.07) is 6.11. The third-order valence-corrected chi connectivity index (χ3v) is 2.72. The molecule has 3 N–H and O–H groups in total. The van der Waals surface area contributed by atoms with Gasteiger partial charge in [-0.3, -0.25) is 5.84 Å². The van der Waals surface area contributed by atoms with Gasteiger partial charge in [0.15, 0.2) is 17.5 Å². The monoisotopic (exact) mass is 270 g/mol. The van der Waals surface area contributed by atoms with Gasteiger partial charge in [-0.15, -0.1) is 0 Å². The number of nitrogens with two attached hydrogens (primary N) is 1. The van der Waals surface area contributed by atoms with Gasteiger partial charge < -0.3 is 0 Å². The molecule has 0 aliphatic heterocycles. The van der Waals surface area contributed by atoms with Gasteiger partial charge in [-0.05, 0) is 23.8 Å². The SMILES string of the molecule is NNC(c1cccc(F)c1)c1ccc(F)c(F)c1F. The zero-order valence-corrected chi connectivity index (χ0v) is 9.63. The van der Waals surface area contributed by atoms with Crippen LogP contribution in [-0.4, -0.2) is 0 Å². The second kappa shape index (κ2) is 5.38. The number of hydrogen-bond acceptors (Lipinski definition) is 2. The molecule has 100 valence electrons. The first-order valence-corrected chi connectivity index (χ1v) is 5.39. The molecule has 2 aromatic rings. The molecule has 2 aromatic carbocycles. The van der Waals surface area contributed by atoms with Crippen LogP contribution in [0.1, 0.15) is 17.2 Å². The lowest BCUT2D eigenvalue weighted by atomic mass is 9.98. The van der Waals surface area contributed by atoms with Crippen LogP contribution in [0.2, 0.25) is 0 Å². The summed E-state index contributed by atoms with van der Waals surface area (Å²) < 4.78 is 52.9. The molecule has 19 heavy (non-hydrogen) atoms. The summed E-state index contributed by atoms with van der Waals surface area (Å²) in [7, 11) is 0. The first kappa shape index (κ1) is 13.5. The molecule has 1 atom stereocenters. The van der Waals surface area contributed by atoms with E-state index < -0.39 is 29.3 Å². The van der Waals surface area contributed by atoms with E-state index in [9.17, 15) is 17.6 Å². The van der Waals surface area contributed by atoms with Crippen molar-refractivity contribution in [3.63, 3.8) is 0 Å². The fourth-order valence-corrected chi connectivity index (χ4v) is 1.82. The molecule has 0 radical (unpaired) electrons. The highest BCUT2D eigenvalue weighted by Crippen LogP contribution is 2.26. The van der Waals surface area contributed by atoms with Gasteiger partial charge in [0.2, 0.25) is 0 Å². The van der Waals surface area contributed by atoms with Gasteiger partial charge in [-0.2, -0.15) is 0 Å². The second-order valence-corrected chi connectivity index (χ2v) is 3.92. The molecular formula is C13H10F4N2.